The fraction of sp³-hybridized carbons (Fsp3) is 0.632. The van der Waals surface area contributed by atoms with Crippen LogP contribution in [0.1, 0.15) is 88.7 Å². The van der Waals surface area contributed by atoms with Crippen LogP contribution in [0.2, 0.25) is 0 Å². The molecular weight excluding hydrogens is 690 g/mol. The zero-order chi connectivity index (χ0) is 35.0. The summed E-state index contributed by atoms with van der Waals surface area (Å²) >= 11 is 3.77. The van der Waals surface area contributed by atoms with Crippen LogP contribution in [0.25, 0.3) is 0 Å². The average Bonchev–Trinajstić information content (AvgIpc) is 3.71. The molecule has 49 heavy (non-hydrogen) atoms. The van der Waals surface area contributed by atoms with Crippen molar-refractivity contribution in [3.05, 3.63) is 61.2 Å². The summed E-state index contributed by atoms with van der Waals surface area (Å²) in [6.07, 6.45) is 11.2. The lowest BCUT2D eigenvalue weighted by Crippen LogP contribution is -2.58. The van der Waals surface area contributed by atoms with Crippen LogP contribution in [-0.4, -0.2) is 93.5 Å². The fourth-order valence-corrected chi connectivity index (χ4v) is 9.36. The molecule has 0 radical (unpaired) electrons. The highest BCUT2D eigenvalue weighted by atomic mass is 79.9. The molecule has 1 aromatic carbocycles. The van der Waals surface area contributed by atoms with Crippen LogP contribution in [-0.2, 0) is 28.7 Å². The number of unbranched alkanes of at least 4 members (excludes halogenated alkanes) is 3. The summed E-state index contributed by atoms with van der Waals surface area (Å²) in [7, 11) is 0. The van der Waals surface area contributed by atoms with Gasteiger partial charge in [0.25, 0.3) is 0 Å². The minimum absolute atomic E-state index is 0.0589. The number of likely N-dealkylation sites (tertiary alicyclic amines) is 1. The largest absolute Gasteiger partial charge is 0.455 e. The molecular formula is C38H52BrN3O7. The predicted octanol–water partition coefficient (Wildman–Crippen LogP) is 5.00. The van der Waals surface area contributed by atoms with Gasteiger partial charge in [0.15, 0.2) is 0 Å². The summed E-state index contributed by atoms with van der Waals surface area (Å²) < 4.78 is 12.9. The maximum atomic E-state index is 14.8. The number of halogens is 1. The van der Waals surface area contributed by atoms with Crippen LogP contribution in [0.3, 0.4) is 0 Å². The SMILES string of the molecule is C=CCCC(=O)NC[C@@H](OC(=O)[C@H]1[C@@H]2O[C@@]3(CC2Br)[C@@H]1C(=O)N(CCCCCCO)[C@@H]3C(=O)N(CC=C)C1CCCCC1)c1ccccc1. The van der Waals surface area contributed by atoms with E-state index < -0.39 is 41.7 Å². The number of rotatable bonds is 18. The van der Waals surface area contributed by atoms with Crippen LogP contribution >= 0.6 is 15.9 Å². The molecule has 4 fully saturated rings. The Morgan fingerprint density at radius 3 is 2.53 bits per heavy atom. The number of amides is 3. The Hall–Kier alpha value is -3.02. The molecule has 268 valence electrons. The van der Waals surface area contributed by atoms with Gasteiger partial charge in [-0.05, 0) is 44.1 Å². The van der Waals surface area contributed by atoms with Crippen LogP contribution in [0.15, 0.2) is 55.6 Å². The number of carbonyl (C=O) groups excluding carboxylic acids is 4. The van der Waals surface area contributed by atoms with E-state index in [1.54, 1.807) is 17.1 Å². The molecule has 7 atom stereocenters. The molecule has 0 aromatic heterocycles. The molecule has 4 aliphatic rings. The predicted molar refractivity (Wildman–Crippen MR) is 189 cm³/mol. The van der Waals surface area contributed by atoms with Crippen molar-refractivity contribution in [3.63, 3.8) is 0 Å². The third-order valence-corrected chi connectivity index (χ3v) is 11.6. The number of esters is 1. The summed E-state index contributed by atoms with van der Waals surface area (Å²) in [4.78, 5) is 59.5. The second kappa shape index (κ2) is 17.3. The standard InChI is InChI=1S/C38H52BrN3O7/c1-3-5-20-30(44)40-25-29(26-16-10-8-11-17-26)48-37(47)31-32-35(45)42(22-14-6-7-15-23-43)34(38(32)24-28(39)33(31)49-38)36(46)41(21-4-2)27-18-12-9-13-19-27/h3-4,8,10-11,16-17,27-29,31-34,43H,1-2,5-7,9,12-15,18-25H2,(H,40,44)/t28?,29-,31-,32+,33-,34-,38+/m1/s1. The van der Waals surface area contributed by atoms with Gasteiger partial charge in [0, 0.05) is 37.0 Å². The van der Waals surface area contributed by atoms with Gasteiger partial charge in [-0.15, -0.1) is 13.2 Å². The second-order valence-corrected chi connectivity index (χ2v) is 15.0. The van der Waals surface area contributed by atoms with Crippen molar-refractivity contribution >= 4 is 39.6 Å². The lowest BCUT2D eigenvalue weighted by Gasteiger charge is -2.41. The number of nitrogens with one attached hydrogen (secondary N) is 1. The Labute approximate surface area is 298 Å². The van der Waals surface area contributed by atoms with E-state index in [1.807, 2.05) is 35.2 Å². The van der Waals surface area contributed by atoms with E-state index in [4.69, 9.17) is 9.47 Å². The molecule has 1 aromatic rings. The van der Waals surface area contributed by atoms with E-state index >= 15 is 0 Å². The molecule has 2 bridgehead atoms. The van der Waals surface area contributed by atoms with Crippen LogP contribution in [0.4, 0.5) is 0 Å². The molecule has 10 nitrogen and oxygen atoms in total. The van der Waals surface area contributed by atoms with Crippen LogP contribution in [0, 0.1) is 11.8 Å². The Balaban J connectivity index is 1.44. The Morgan fingerprint density at radius 2 is 1.84 bits per heavy atom. The van der Waals surface area contributed by atoms with E-state index in [0.29, 0.717) is 38.8 Å². The molecule has 1 aliphatic carbocycles. The first-order chi connectivity index (χ1) is 23.8. The molecule has 3 amide bonds. The molecule has 2 N–H and O–H groups in total. The quantitative estimate of drug-likeness (QED) is 0.0939. The highest BCUT2D eigenvalue weighted by molar-refractivity contribution is 9.09. The fourth-order valence-electron chi connectivity index (χ4n) is 8.42. The number of hydrogen-bond donors (Lipinski definition) is 2. The van der Waals surface area contributed by atoms with E-state index in [0.717, 1.165) is 50.5 Å². The average molecular weight is 743 g/mol. The number of alkyl halides is 1. The maximum Gasteiger partial charge on any atom is 0.313 e. The number of aliphatic hydroxyl groups excluding tert-OH is 1. The van der Waals surface area contributed by atoms with Crippen LogP contribution in [0.5, 0.6) is 0 Å². The number of aliphatic hydroxyl groups is 1. The summed E-state index contributed by atoms with van der Waals surface area (Å²) in [5.74, 6) is -2.94. The molecule has 3 heterocycles. The normalized spacial score (nSPS) is 28.2. The summed E-state index contributed by atoms with van der Waals surface area (Å²) in [5.41, 5.74) is -0.464. The number of nitrogens with zero attached hydrogens (tertiary/aromatic N) is 2. The van der Waals surface area contributed by atoms with E-state index in [2.05, 4.69) is 34.4 Å². The van der Waals surface area contributed by atoms with E-state index in [1.165, 1.54) is 0 Å². The van der Waals surface area contributed by atoms with Crippen molar-refractivity contribution in [2.24, 2.45) is 11.8 Å². The molecule has 1 spiro atoms. The van der Waals surface area contributed by atoms with Crippen molar-refractivity contribution in [3.8, 4) is 0 Å². The zero-order valence-corrected chi connectivity index (χ0v) is 30.1. The van der Waals surface area contributed by atoms with Crippen molar-refractivity contribution in [1.82, 2.24) is 15.1 Å². The summed E-state index contributed by atoms with van der Waals surface area (Å²) in [6.45, 7) is 8.54. The number of allylic oxidation sites excluding steroid dienone is 1. The van der Waals surface area contributed by atoms with Gasteiger partial charge in [-0.2, -0.15) is 0 Å². The highest BCUT2D eigenvalue weighted by Crippen LogP contribution is 2.60. The topological polar surface area (TPSA) is 125 Å². The van der Waals surface area contributed by atoms with Gasteiger partial charge in [-0.3, -0.25) is 19.2 Å². The molecule has 5 rings (SSSR count). The maximum absolute atomic E-state index is 14.8. The van der Waals surface area contributed by atoms with Gasteiger partial charge in [0.05, 0.1) is 24.5 Å². The molecule has 3 saturated heterocycles. The number of ether oxygens (including phenoxy) is 2. The van der Waals surface area contributed by atoms with Gasteiger partial charge in [0.1, 0.15) is 17.7 Å². The monoisotopic (exact) mass is 741 g/mol. The Bertz CT molecular complexity index is 1340. The first-order valence-corrected chi connectivity index (χ1v) is 19.0. The van der Waals surface area contributed by atoms with Gasteiger partial charge >= 0.3 is 5.97 Å². The minimum atomic E-state index is -1.18. The van der Waals surface area contributed by atoms with Crippen molar-refractivity contribution < 1.29 is 33.8 Å². The highest BCUT2D eigenvalue weighted by Gasteiger charge is 2.77. The molecule has 1 unspecified atom stereocenters. The Morgan fingerprint density at radius 1 is 1.10 bits per heavy atom. The molecule has 11 heteroatoms. The lowest BCUT2D eigenvalue weighted by molar-refractivity contribution is -0.160. The first kappa shape index (κ1) is 37.2. The third kappa shape index (κ3) is 7.99. The van der Waals surface area contributed by atoms with Gasteiger partial charge < -0.3 is 29.7 Å². The number of benzene rings is 1. The number of fused-ring (bicyclic) bond motifs is 1. The molecule has 1 saturated carbocycles. The third-order valence-electron chi connectivity index (χ3n) is 10.7. The number of carbonyl (C=O) groups is 4. The smallest absolute Gasteiger partial charge is 0.313 e. The van der Waals surface area contributed by atoms with Crippen molar-refractivity contribution in [1.29, 1.82) is 0 Å². The summed E-state index contributed by atoms with van der Waals surface area (Å²) in [6, 6.07) is 8.42. The Kier molecular flexibility index (Phi) is 13.1. The van der Waals surface area contributed by atoms with Crippen LogP contribution < -0.4 is 5.32 Å². The number of hydrogen-bond acceptors (Lipinski definition) is 7. The zero-order valence-electron chi connectivity index (χ0n) is 28.5. The minimum Gasteiger partial charge on any atom is -0.455 e. The second-order valence-electron chi connectivity index (χ2n) is 13.9. The summed E-state index contributed by atoms with van der Waals surface area (Å²) in [5, 5.41) is 12.2. The van der Waals surface area contributed by atoms with Crippen molar-refractivity contribution in [2.75, 3.05) is 26.2 Å². The van der Waals surface area contributed by atoms with Gasteiger partial charge in [-0.25, -0.2) is 0 Å². The molecule has 3 aliphatic heterocycles. The van der Waals surface area contributed by atoms with Gasteiger partial charge in [-0.1, -0.05) is 90.5 Å². The van der Waals surface area contributed by atoms with E-state index in [9.17, 15) is 24.3 Å². The van der Waals surface area contributed by atoms with E-state index in [-0.39, 0.29) is 48.2 Å². The van der Waals surface area contributed by atoms with Crippen molar-refractivity contribution in [2.45, 2.75) is 112 Å². The first-order valence-electron chi connectivity index (χ1n) is 18.0. The van der Waals surface area contributed by atoms with Gasteiger partial charge in [0.2, 0.25) is 17.7 Å². The lowest BCUT2D eigenvalue weighted by atomic mass is 9.70.